The van der Waals surface area contributed by atoms with Crippen molar-refractivity contribution >= 4 is 48.3 Å². The van der Waals surface area contributed by atoms with Gasteiger partial charge in [0.15, 0.2) is 0 Å². The summed E-state index contributed by atoms with van der Waals surface area (Å²) in [5.41, 5.74) is 0. The molecule has 1 atom stereocenters. The molecule has 0 aliphatic carbocycles. The summed E-state index contributed by atoms with van der Waals surface area (Å²) in [6, 6.07) is 3.85. The van der Waals surface area contributed by atoms with E-state index in [-0.39, 0.29) is 36.8 Å². The van der Waals surface area contributed by atoms with Crippen LogP contribution in [0.4, 0.5) is 5.82 Å². The van der Waals surface area contributed by atoms with Crippen molar-refractivity contribution in [1.29, 1.82) is 0 Å². The van der Waals surface area contributed by atoms with Gasteiger partial charge in [0.1, 0.15) is 5.82 Å². The van der Waals surface area contributed by atoms with E-state index in [1.54, 1.807) is 18.0 Å². The summed E-state index contributed by atoms with van der Waals surface area (Å²) in [4.78, 5) is 17.0. The number of hydrogen-bond acceptors (Lipinski definition) is 5. The quantitative estimate of drug-likeness (QED) is 0.821. The molecule has 1 aromatic heterocycles. The topological polar surface area (TPSA) is 63.2 Å². The SMILES string of the molecule is CSc1ccc(NC(=O)CC2COCCN2)nc1.Cl.Cl. The Balaban J connectivity index is 0.00000180. The number of aromatic nitrogens is 1. The fraction of sp³-hybridized carbons (Fsp3) is 0.500. The van der Waals surface area contributed by atoms with E-state index in [1.807, 2.05) is 18.4 Å². The molecule has 1 aliphatic heterocycles. The van der Waals surface area contributed by atoms with Crippen LogP contribution in [0, 0.1) is 0 Å². The highest BCUT2D eigenvalue weighted by Gasteiger charge is 2.16. The molecule has 0 aromatic carbocycles. The molecule has 1 saturated heterocycles. The number of nitrogens with one attached hydrogen (secondary N) is 2. The van der Waals surface area contributed by atoms with Crippen LogP contribution in [-0.2, 0) is 9.53 Å². The molecule has 1 unspecified atom stereocenters. The summed E-state index contributed by atoms with van der Waals surface area (Å²) in [6.07, 6.45) is 4.15. The second-order valence-corrected chi connectivity index (χ2v) is 4.94. The number of halogens is 2. The van der Waals surface area contributed by atoms with Gasteiger partial charge >= 0.3 is 0 Å². The van der Waals surface area contributed by atoms with E-state index in [0.29, 0.717) is 18.8 Å². The number of hydrogen-bond donors (Lipinski definition) is 2. The maximum atomic E-state index is 11.8. The van der Waals surface area contributed by atoms with Crippen molar-refractivity contribution in [3.8, 4) is 0 Å². The van der Waals surface area contributed by atoms with E-state index in [2.05, 4.69) is 15.6 Å². The van der Waals surface area contributed by atoms with Crippen LogP contribution in [0.25, 0.3) is 0 Å². The Morgan fingerprint density at radius 2 is 2.35 bits per heavy atom. The lowest BCUT2D eigenvalue weighted by atomic mass is 10.2. The van der Waals surface area contributed by atoms with E-state index in [9.17, 15) is 4.79 Å². The second-order valence-electron chi connectivity index (χ2n) is 4.06. The van der Waals surface area contributed by atoms with Crippen molar-refractivity contribution in [3.05, 3.63) is 18.3 Å². The first-order valence-corrected chi connectivity index (χ1v) is 7.11. The molecule has 0 saturated carbocycles. The second kappa shape index (κ2) is 10.2. The van der Waals surface area contributed by atoms with Crippen molar-refractivity contribution in [2.45, 2.75) is 17.4 Å². The van der Waals surface area contributed by atoms with Crippen LogP contribution in [0.1, 0.15) is 6.42 Å². The maximum absolute atomic E-state index is 11.8. The molecule has 1 amide bonds. The Hall–Kier alpha value is -0.530. The number of rotatable bonds is 4. The number of pyridine rings is 1. The zero-order chi connectivity index (χ0) is 12.8. The van der Waals surface area contributed by atoms with Gasteiger partial charge in [0.25, 0.3) is 0 Å². The van der Waals surface area contributed by atoms with Gasteiger partial charge in [-0.3, -0.25) is 4.79 Å². The minimum absolute atomic E-state index is 0. The summed E-state index contributed by atoms with van der Waals surface area (Å²) in [5, 5.41) is 6.03. The lowest BCUT2D eigenvalue weighted by molar-refractivity contribution is -0.117. The van der Waals surface area contributed by atoms with E-state index in [1.165, 1.54) is 0 Å². The molecule has 5 nitrogen and oxygen atoms in total. The van der Waals surface area contributed by atoms with E-state index >= 15 is 0 Å². The van der Waals surface area contributed by atoms with Gasteiger partial charge < -0.3 is 15.4 Å². The normalized spacial score (nSPS) is 17.6. The minimum Gasteiger partial charge on any atom is -0.378 e. The predicted octanol–water partition coefficient (Wildman–Crippen LogP) is 1.96. The van der Waals surface area contributed by atoms with Crippen molar-refractivity contribution in [3.63, 3.8) is 0 Å². The Kier molecular flexibility index (Phi) is 9.96. The number of amides is 1. The number of morpholine rings is 1. The van der Waals surface area contributed by atoms with Crippen LogP contribution in [0.2, 0.25) is 0 Å². The maximum Gasteiger partial charge on any atom is 0.227 e. The van der Waals surface area contributed by atoms with E-state index < -0.39 is 0 Å². The monoisotopic (exact) mass is 339 g/mol. The molecular weight excluding hydrogens is 321 g/mol. The Bertz CT molecular complexity index is 400. The molecule has 114 valence electrons. The average Bonchev–Trinajstić information content (AvgIpc) is 2.40. The highest BCUT2D eigenvalue weighted by atomic mass is 35.5. The van der Waals surface area contributed by atoms with Crippen LogP contribution in [-0.4, -0.2) is 42.9 Å². The van der Waals surface area contributed by atoms with Crippen molar-refractivity contribution in [2.75, 3.05) is 31.3 Å². The largest absolute Gasteiger partial charge is 0.378 e. The third-order valence-electron chi connectivity index (χ3n) is 2.67. The van der Waals surface area contributed by atoms with Gasteiger partial charge in [-0.25, -0.2) is 4.98 Å². The summed E-state index contributed by atoms with van der Waals surface area (Å²) in [5.74, 6) is 0.553. The number of carbonyl (C=O) groups excluding carboxylic acids is 1. The van der Waals surface area contributed by atoms with Crippen LogP contribution in [0.3, 0.4) is 0 Å². The molecule has 20 heavy (non-hydrogen) atoms. The highest BCUT2D eigenvalue weighted by molar-refractivity contribution is 7.98. The zero-order valence-corrected chi connectivity index (χ0v) is 13.6. The molecule has 8 heteroatoms. The Morgan fingerprint density at radius 1 is 1.55 bits per heavy atom. The Morgan fingerprint density at radius 3 is 2.90 bits per heavy atom. The fourth-order valence-corrected chi connectivity index (χ4v) is 2.11. The van der Waals surface area contributed by atoms with Crippen molar-refractivity contribution < 1.29 is 9.53 Å². The van der Waals surface area contributed by atoms with Crippen molar-refractivity contribution in [2.24, 2.45) is 0 Å². The van der Waals surface area contributed by atoms with E-state index in [4.69, 9.17) is 4.74 Å². The van der Waals surface area contributed by atoms with Gasteiger partial charge in [-0.2, -0.15) is 0 Å². The third kappa shape index (κ3) is 6.28. The molecule has 2 N–H and O–H groups in total. The number of ether oxygens (including phenoxy) is 1. The van der Waals surface area contributed by atoms with Gasteiger partial charge in [0.05, 0.1) is 13.2 Å². The lowest BCUT2D eigenvalue weighted by Gasteiger charge is -2.23. The molecule has 2 rings (SSSR count). The molecule has 0 radical (unpaired) electrons. The van der Waals surface area contributed by atoms with Gasteiger partial charge in [0.2, 0.25) is 5.91 Å². The van der Waals surface area contributed by atoms with Gasteiger partial charge in [-0.1, -0.05) is 0 Å². The summed E-state index contributed by atoms with van der Waals surface area (Å²) < 4.78 is 5.30. The molecule has 1 fully saturated rings. The highest BCUT2D eigenvalue weighted by Crippen LogP contribution is 2.14. The van der Waals surface area contributed by atoms with Gasteiger partial charge in [0, 0.05) is 30.1 Å². The molecule has 0 bridgehead atoms. The molecule has 1 aromatic rings. The molecule has 1 aliphatic rings. The zero-order valence-electron chi connectivity index (χ0n) is 11.1. The smallest absolute Gasteiger partial charge is 0.227 e. The first-order valence-electron chi connectivity index (χ1n) is 5.89. The molecular formula is C12H19Cl2N3O2S. The first-order chi connectivity index (χ1) is 8.78. The predicted molar refractivity (Wildman–Crippen MR) is 86.4 cm³/mol. The minimum atomic E-state index is -0.0394. The summed E-state index contributed by atoms with van der Waals surface area (Å²) in [7, 11) is 0. The van der Waals surface area contributed by atoms with Crippen LogP contribution in [0.5, 0.6) is 0 Å². The van der Waals surface area contributed by atoms with Crippen LogP contribution >= 0.6 is 36.6 Å². The number of nitrogens with zero attached hydrogens (tertiary/aromatic N) is 1. The fourth-order valence-electron chi connectivity index (χ4n) is 1.74. The average molecular weight is 340 g/mol. The van der Waals surface area contributed by atoms with Crippen molar-refractivity contribution in [1.82, 2.24) is 10.3 Å². The summed E-state index contributed by atoms with van der Waals surface area (Å²) in [6.45, 7) is 2.11. The molecule has 2 heterocycles. The summed E-state index contributed by atoms with van der Waals surface area (Å²) >= 11 is 1.62. The molecule has 0 spiro atoms. The Labute approximate surface area is 135 Å². The van der Waals surface area contributed by atoms with Crippen LogP contribution < -0.4 is 10.6 Å². The standard InChI is InChI=1S/C12H17N3O2S.2ClH/c1-18-10-2-3-11(14-7-10)15-12(16)6-9-8-17-5-4-13-9;;/h2-3,7,9,13H,4-6,8H2,1H3,(H,14,15,16);2*1H. The lowest BCUT2D eigenvalue weighted by Crippen LogP contribution is -2.43. The van der Waals surface area contributed by atoms with Gasteiger partial charge in [-0.05, 0) is 18.4 Å². The number of anilines is 1. The third-order valence-corrected chi connectivity index (χ3v) is 3.38. The van der Waals surface area contributed by atoms with Gasteiger partial charge in [-0.15, -0.1) is 36.6 Å². The van der Waals surface area contributed by atoms with Crippen LogP contribution in [0.15, 0.2) is 23.2 Å². The number of carbonyl (C=O) groups is 1. The number of thioether (sulfide) groups is 1. The van der Waals surface area contributed by atoms with E-state index in [0.717, 1.165) is 18.0 Å². The first kappa shape index (κ1) is 19.5.